The first-order valence-electron chi connectivity index (χ1n) is 5.70. The zero-order valence-electron chi connectivity index (χ0n) is 9.23. The third kappa shape index (κ3) is 3.42. The maximum Gasteiger partial charge on any atom is 0.0233 e. The van der Waals surface area contributed by atoms with E-state index >= 15 is 0 Å². The Morgan fingerprint density at radius 3 is 2.80 bits per heavy atom. The molecule has 1 heterocycles. The van der Waals surface area contributed by atoms with Crippen molar-refractivity contribution in [2.45, 2.75) is 36.7 Å². The standard InChI is InChI=1S/C14H18S/c1-12-6-5-9-14(15-12)11-10-13-7-3-2-4-8-13/h2-5,7-9,12,14H,6,10-11H2,1H3/t12-,14-/m0/s1. The molecule has 2 rings (SSSR count). The van der Waals surface area contributed by atoms with Gasteiger partial charge in [0.05, 0.1) is 0 Å². The average Bonchev–Trinajstić information content (AvgIpc) is 2.28. The van der Waals surface area contributed by atoms with Crippen LogP contribution >= 0.6 is 11.8 Å². The van der Waals surface area contributed by atoms with E-state index in [2.05, 4.69) is 61.2 Å². The predicted molar refractivity (Wildman–Crippen MR) is 69.4 cm³/mol. The molecule has 0 aromatic heterocycles. The SMILES string of the molecule is C[C@H]1CC=C[C@@H](CCc2ccccc2)S1. The Balaban J connectivity index is 1.83. The van der Waals surface area contributed by atoms with E-state index in [1.54, 1.807) is 0 Å². The summed E-state index contributed by atoms with van der Waals surface area (Å²) in [5.74, 6) is 0. The van der Waals surface area contributed by atoms with Gasteiger partial charge in [-0.05, 0) is 24.8 Å². The minimum absolute atomic E-state index is 0.731. The van der Waals surface area contributed by atoms with Crippen LogP contribution in [0.1, 0.15) is 25.3 Å². The quantitative estimate of drug-likeness (QED) is 0.689. The maximum atomic E-state index is 2.38. The van der Waals surface area contributed by atoms with Gasteiger partial charge in [0.15, 0.2) is 0 Å². The van der Waals surface area contributed by atoms with Crippen LogP contribution in [0.2, 0.25) is 0 Å². The Hall–Kier alpha value is -0.690. The summed E-state index contributed by atoms with van der Waals surface area (Å²) in [6, 6.07) is 10.8. The summed E-state index contributed by atoms with van der Waals surface area (Å²) >= 11 is 2.12. The van der Waals surface area contributed by atoms with Crippen molar-refractivity contribution in [3.8, 4) is 0 Å². The molecule has 1 heteroatoms. The van der Waals surface area contributed by atoms with Gasteiger partial charge in [-0.15, -0.1) is 0 Å². The zero-order valence-corrected chi connectivity index (χ0v) is 10.0. The van der Waals surface area contributed by atoms with E-state index in [0.29, 0.717) is 0 Å². The maximum absolute atomic E-state index is 2.38. The predicted octanol–water partition coefficient (Wildman–Crippen LogP) is 4.07. The number of allylic oxidation sites excluding steroid dienone is 1. The summed E-state index contributed by atoms with van der Waals surface area (Å²) in [6.45, 7) is 2.32. The zero-order chi connectivity index (χ0) is 10.5. The van der Waals surface area contributed by atoms with E-state index in [-0.39, 0.29) is 0 Å². The number of thioether (sulfide) groups is 1. The second kappa shape index (κ2) is 5.41. The molecule has 0 saturated heterocycles. The van der Waals surface area contributed by atoms with Gasteiger partial charge < -0.3 is 0 Å². The highest BCUT2D eigenvalue weighted by molar-refractivity contribution is 8.00. The Morgan fingerprint density at radius 2 is 2.07 bits per heavy atom. The largest absolute Gasteiger partial charge is 0.151 e. The van der Waals surface area contributed by atoms with Gasteiger partial charge >= 0.3 is 0 Å². The summed E-state index contributed by atoms with van der Waals surface area (Å²) in [6.07, 6.45) is 8.45. The molecule has 1 aromatic rings. The van der Waals surface area contributed by atoms with Gasteiger partial charge in [0.25, 0.3) is 0 Å². The molecule has 1 aromatic carbocycles. The fraction of sp³-hybridized carbons (Fsp3) is 0.429. The fourth-order valence-electron chi connectivity index (χ4n) is 1.94. The third-order valence-electron chi connectivity index (χ3n) is 2.79. The lowest BCUT2D eigenvalue weighted by atomic mass is 10.1. The van der Waals surface area contributed by atoms with Crippen LogP contribution in [-0.4, -0.2) is 10.5 Å². The van der Waals surface area contributed by atoms with E-state index in [9.17, 15) is 0 Å². The van der Waals surface area contributed by atoms with Crippen LogP contribution in [0.5, 0.6) is 0 Å². The normalized spacial score (nSPS) is 25.4. The van der Waals surface area contributed by atoms with Crippen molar-refractivity contribution >= 4 is 11.8 Å². The number of benzene rings is 1. The topological polar surface area (TPSA) is 0 Å². The first kappa shape index (κ1) is 10.8. The number of hydrogen-bond acceptors (Lipinski definition) is 1. The molecule has 2 atom stereocenters. The Kier molecular flexibility index (Phi) is 3.90. The molecule has 0 nitrogen and oxygen atoms in total. The highest BCUT2D eigenvalue weighted by Gasteiger charge is 2.14. The number of aryl methyl sites for hydroxylation is 1. The Morgan fingerprint density at radius 1 is 1.27 bits per heavy atom. The summed E-state index contributed by atoms with van der Waals surface area (Å²) < 4.78 is 0. The van der Waals surface area contributed by atoms with Crippen LogP contribution < -0.4 is 0 Å². The lowest BCUT2D eigenvalue weighted by Gasteiger charge is -2.21. The van der Waals surface area contributed by atoms with Crippen molar-refractivity contribution in [3.05, 3.63) is 48.0 Å². The van der Waals surface area contributed by atoms with Crippen molar-refractivity contribution in [1.29, 1.82) is 0 Å². The fourth-order valence-corrected chi connectivity index (χ4v) is 3.21. The molecular weight excluding hydrogens is 200 g/mol. The van der Waals surface area contributed by atoms with Crippen molar-refractivity contribution in [2.24, 2.45) is 0 Å². The number of rotatable bonds is 3. The summed E-state index contributed by atoms with van der Waals surface area (Å²) in [5, 5.41) is 1.53. The second-order valence-electron chi connectivity index (χ2n) is 4.17. The van der Waals surface area contributed by atoms with E-state index in [1.807, 2.05) is 0 Å². The highest BCUT2D eigenvalue weighted by atomic mass is 32.2. The molecule has 0 fully saturated rings. The van der Waals surface area contributed by atoms with E-state index < -0.39 is 0 Å². The lowest BCUT2D eigenvalue weighted by Crippen LogP contribution is -2.11. The van der Waals surface area contributed by atoms with E-state index in [0.717, 1.165) is 10.5 Å². The highest BCUT2D eigenvalue weighted by Crippen LogP contribution is 2.29. The van der Waals surface area contributed by atoms with Crippen LogP contribution in [0.25, 0.3) is 0 Å². The second-order valence-corrected chi connectivity index (χ2v) is 5.86. The van der Waals surface area contributed by atoms with Crippen LogP contribution in [0.4, 0.5) is 0 Å². The molecule has 0 aliphatic carbocycles. The molecule has 0 unspecified atom stereocenters. The Labute approximate surface area is 96.8 Å². The molecule has 0 bridgehead atoms. The van der Waals surface area contributed by atoms with Crippen LogP contribution in [-0.2, 0) is 6.42 Å². The summed E-state index contributed by atoms with van der Waals surface area (Å²) in [5.41, 5.74) is 1.46. The molecule has 0 radical (unpaired) electrons. The van der Waals surface area contributed by atoms with Gasteiger partial charge in [0, 0.05) is 10.5 Å². The van der Waals surface area contributed by atoms with Crippen LogP contribution in [0.3, 0.4) is 0 Å². The minimum atomic E-state index is 0.731. The molecule has 1 aliphatic heterocycles. The smallest absolute Gasteiger partial charge is 0.0233 e. The molecule has 15 heavy (non-hydrogen) atoms. The molecule has 0 spiro atoms. The molecule has 0 saturated carbocycles. The minimum Gasteiger partial charge on any atom is -0.151 e. The molecular formula is C14H18S. The van der Waals surface area contributed by atoms with Gasteiger partial charge in [-0.25, -0.2) is 0 Å². The summed E-state index contributed by atoms with van der Waals surface area (Å²) in [4.78, 5) is 0. The summed E-state index contributed by atoms with van der Waals surface area (Å²) in [7, 11) is 0. The van der Waals surface area contributed by atoms with Crippen molar-refractivity contribution in [3.63, 3.8) is 0 Å². The van der Waals surface area contributed by atoms with E-state index in [4.69, 9.17) is 0 Å². The van der Waals surface area contributed by atoms with Gasteiger partial charge in [-0.3, -0.25) is 0 Å². The van der Waals surface area contributed by atoms with Gasteiger partial charge in [-0.1, -0.05) is 49.4 Å². The molecule has 80 valence electrons. The van der Waals surface area contributed by atoms with Crippen LogP contribution in [0.15, 0.2) is 42.5 Å². The van der Waals surface area contributed by atoms with Gasteiger partial charge in [-0.2, -0.15) is 11.8 Å². The molecule has 1 aliphatic rings. The third-order valence-corrected chi connectivity index (χ3v) is 4.19. The van der Waals surface area contributed by atoms with E-state index in [1.165, 1.54) is 24.8 Å². The van der Waals surface area contributed by atoms with Crippen molar-refractivity contribution < 1.29 is 0 Å². The molecule has 0 N–H and O–H groups in total. The average molecular weight is 218 g/mol. The lowest BCUT2D eigenvalue weighted by molar-refractivity contribution is 0.828. The first-order valence-corrected chi connectivity index (χ1v) is 6.65. The monoisotopic (exact) mass is 218 g/mol. The first-order chi connectivity index (χ1) is 7.34. The Bertz CT molecular complexity index is 315. The van der Waals surface area contributed by atoms with Gasteiger partial charge in [0.1, 0.15) is 0 Å². The van der Waals surface area contributed by atoms with Crippen molar-refractivity contribution in [2.75, 3.05) is 0 Å². The van der Waals surface area contributed by atoms with Crippen LogP contribution in [0, 0.1) is 0 Å². The van der Waals surface area contributed by atoms with Crippen molar-refractivity contribution in [1.82, 2.24) is 0 Å². The molecule has 0 amide bonds. The number of hydrogen-bond donors (Lipinski definition) is 0. The van der Waals surface area contributed by atoms with Gasteiger partial charge in [0.2, 0.25) is 0 Å².